The summed E-state index contributed by atoms with van der Waals surface area (Å²) in [4.78, 5) is 32.3. The Bertz CT molecular complexity index is 771. The van der Waals surface area contributed by atoms with Crippen molar-refractivity contribution in [2.45, 2.75) is 0 Å². The SMILES string of the molecule is O=C1SC(=O)N(O)/C1=C\c1ccccc1.O=Cc1ccc(O)cc1. The van der Waals surface area contributed by atoms with Crippen LogP contribution in [0.25, 0.3) is 6.08 Å². The first-order chi connectivity index (χ1) is 11.5. The standard InChI is InChI=1S/C10H7NO3S.C7H6O2/c12-9-8(11(14)10(13)15-9)6-7-4-2-1-3-5-7;8-5-6-1-3-7(9)4-2-6/h1-6,14H;1-5,9H/b8-6-;. The van der Waals surface area contributed by atoms with Crippen molar-refractivity contribution in [2.24, 2.45) is 0 Å². The van der Waals surface area contributed by atoms with E-state index in [1.807, 2.05) is 18.2 Å². The molecule has 24 heavy (non-hydrogen) atoms. The summed E-state index contributed by atoms with van der Waals surface area (Å²) >= 11 is 0.486. The van der Waals surface area contributed by atoms with Gasteiger partial charge >= 0.3 is 5.24 Å². The maximum absolute atomic E-state index is 11.3. The third-order valence-corrected chi connectivity index (χ3v) is 3.66. The number of hydrogen-bond donors (Lipinski definition) is 2. The Hall–Kier alpha value is -2.90. The van der Waals surface area contributed by atoms with E-state index in [-0.39, 0.29) is 11.4 Å². The van der Waals surface area contributed by atoms with Gasteiger partial charge in [-0.05, 0) is 35.9 Å². The molecule has 1 saturated heterocycles. The van der Waals surface area contributed by atoms with E-state index in [0.717, 1.165) is 11.8 Å². The van der Waals surface area contributed by atoms with E-state index < -0.39 is 10.4 Å². The molecule has 1 aliphatic rings. The molecule has 7 heteroatoms. The number of nitrogens with zero attached hydrogens (tertiary/aromatic N) is 1. The van der Waals surface area contributed by atoms with Crippen LogP contribution in [0, 0.1) is 0 Å². The number of hydroxylamine groups is 2. The third kappa shape index (κ3) is 4.55. The highest BCUT2D eigenvalue weighted by molar-refractivity contribution is 8.27. The monoisotopic (exact) mass is 343 g/mol. The molecule has 0 aromatic heterocycles. The van der Waals surface area contributed by atoms with Crippen LogP contribution in [0.2, 0.25) is 0 Å². The van der Waals surface area contributed by atoms with Gasteiger partial charge in [0.2, 0.25) is 5.12 Å². The second-order valence-corrected chi connectivity index (χ2v) is 5.54. The molecule has 122 valence electrons. The topological polar surface area (TPSA) is 94.9 Å². The van der Waals surface area contributed by atoms with Crippen molar-refractivity contribution >= 4 is 34.5 Å². The van der Waals surface area contributed by atoms with Gasteiger partial charge in [0.05, 0.1) is 0 Å². The van der Waals surface area contributed by atoms with Crippen LogP contribution in [0.5, 0.6) is 5.75 Å². The first-order valence-corrected chi connectivity index (χ1v) is 7.59. The highest BCUT2D eigenvalue weighted by Gasteiger charge is 2.33. The van der Waals surface area contributed by atoms with Gasteiger partial charge in [0, 0.05) is 17.3 Å². The highest BCUT2D eigenvalue weighted by Crippen LogP contribution is 2.28. The minimum atomic E-state index is -0.665. The predicted molar refractivity (Wildman–Crippen MR) is 89.5 cm³/mol. The van der Waals surface area contributed by atoms with Crippen LogP contribution in [0.3, 0.4) is 0 Å². The van der Waals surface area contributed by atoms with Gasteiger partial charge in [-0.3, -0.25) is 19.6 Å². The lowest BCUT2D eigenvalue weighted by Gasteiger charge is -2.04. The fourth-order valence-corrected chi connectivity index (χ4v) is 2.33. The summed E-state index contributed by atoms with van der Waals surface area (Å²) in [5.74, 6) is 0.181. The van der Waals surface area contributed by atoms with Crippen molar-refractivity contribution < 1.29 is 24.7 Å². The Morgan fingerprint density at radius 1 is 0.917 bits per heavy atom. The lowest BCUT2D eigenvalue weighted by Crippen LogP contribution is -2.16. The largest absolute Gasteiger partial charge is 0.508 e. The van der Waals surface area contributed by atoms with Crippen LogP contribution in [0.1, 0.15) is 15.9 Å². The number of thioether (sulfide) groups is 1. The summed E-state index contributed by atoms with van der Waals surface area (Å²) in [5.41, 5.74) is 1.33. The summed E-state index contributed by atoms with van der Waals surface area (Å²) in [6, 6.07) is 15.1. The van der Waals surface area contributed by atoms with Gasteiger partial charge in [-0.15, -0.1) is 0 Å². The number of amides is 1. The number of aromatic hydroxyl groups is 1. The Labute approximate surface area is 142 Å². The van der Waals surface area contributed by atoms with Crippen LogP contribution in [-0.4, -0.2) is 32.0 Å². The number of benzene rings is 2. The quantitative estimate of drug-likeness (QED) is 0.493. The second-order valence-electron chi connectivity index (χ2n) is 4.62. The van der Waals surface area contributed by atoms with Gasteiger partial charge in [-0.1, -0.05) is 30.3 Å². The molecule has 1 heterocycles. The van der Waals surface area contributed by atoms with Crippen molar-refractivity contribution in [1.29, 1.82) is 0 Å². The van der Waals surface area contributed by atoms with Gasteiger partial charge in [0.1, 0.15) is 17.7 Å². The molecule has 0 unspecified atom stereocenters. The van der Waals surface area contributed by atoms with Gasteiger partial charge in [-0.2, -0.15) is 5.06 Å². The number of carbonyl (C=O) groups is 3. The predicted octanol–water partition coefficient (Wildman–Crippen LogP) is 3.32. The Balaban J connectivity index is 0.000000198. The van der Waals surface area contributed by atoms with Crippen molar-refractivity contribution in [1.82, 2.24) is 5.06 Å². The van der Waals surface area contributed by atoms with Crippen molar-refractivity contribution in [3.8, 4) is 5.75 Å². The van der Waals surface area contributed by atoms with E-state index in [1.54, 1.807) is 24.3 Å². The number of aldehydes is 1. The molecule has 2 N–H and O–H groups in total. The van der Waals surface area contributed by atoms with E-state index >= 15 is 0 Å². The summed E-state index contributed by atoms with van der Waals surface area (Å²) in [7, 11) is 0. The van der Waals surface area contributed by atoms with E-state index in [9.17, 15) is 19.6 Å². The molecule has 0 saturated carbocycles. The van der Waals surface area contributed by atoms with Crippen LogP contribution in [0.4, 0.5) is 4.79 Å². The highest BCUT2D eigenvalue weighted by atomic mass is 32.2. The summed E-state index contributed by atoms with van der Waals surface area (Å²) in [6.07, 6.45) is 2.21. The molecular weight excluding hydrogens is 330 g/mol. The molecule has 0 atom stereocenters. The van der Waals surface area contributed by atoms with Gasteiger partial charge in [-0.25, -0.2) is 0 Å². The number of rotatable bonds is 2. The smallest absolute Gasteiger partial charge is 0.317 e. The van der Waals surface area contributed by atoms with Crippen LogP contribution < -0.4 is 0 Å². The average molecular weight is 343 g/mol. The fraction of sp³-hybridized carbons (Fsp3) is 0. The molecule has 0 bridgehead atoms. The molecule has 2 aromatic carbocycles. The first-order valence-electron chi connectivity index (χ1n) is 6.77. The Kier molecular flexibility index (Phi) is 5.89. The van der Waals surface area contributed by atoms with Gasteiger partial charge in [0.25, 0.3) is 0 Å². The number of phenolic OH excluding ortho intramolecular Hbond substituents is 1. The van der Waals surface area contributed by atoms with Gasteiger partial charge < -0.3 is 5.11 Å². The summed E-state index contributed by atoms with van der Waals surface area (Å²) in [5, 5.41) is 17.3. The molecule has 6 nitrogen and oxygen atoms in total. The minimum Gasteiger partial charge on any atom is -0.508 e. The third-order valence-electron chi connectivity index (χ3n) is 2.92. The molecule has 1 aliphatic heterocycles. The molecule has 0 radical (unpaired) electrons. The van der Waals surface area contributed by atoms with E-state index in [0.29, 0.717) is 22.4 Å². The second kappa shape index (κ2) is 8.09. The summed E-state index contributed by atoms with van der Waals surface area (Å²) in [6.45, 7) is 0. The molecule has 3 rings (SSSR count). The maximum atomic E-state index is 11.3. The van der Waals surface area contributed by atoms with E-state index in [2.05, 4.69) is 0 Å². The lowest BCUT2D eigenvalue weighted by atomic mass is 10.2. The zero-order chi connectivity index (χ0) is 17.5. The molecule has 0 spiro atoms. The minimum absolute atomic E-state index is 0.00352. The van der Waals surface area contributed by atoms with E-state index in [1.165, 1.54) is 18.2 Å². The first kappa shape index (κ1) is 17.5. The number of phenols is 1. The fourth-order valence-electron chi connectivity index (χ4n) is 1.74. The number of hydrogen-bond acceptors (Lipinski definition) is 6. The maximum Gasteiger partial charge on any atom is 0.317 e. The Morgan fingerprint density at radius 3 is 2.04 bits per heavy atom. The van der Waals surface area contributed by atoms with Crippen molar-refractivity contribution in [3.63, 3.8) is 0 Å². The molecule has 1 fully saturated rings. The van der Waals surface area contributed by atoms with E-state index in [4.69, 9.17) is 5.11 Å². The van der Waals surface area contributed by atoms with Gasteiger partial charge in [0.15, 0.2) is 0 Å². The lowest BCUT2D eigenvalue weighted by molar-refractivity contribution is -0.111. The molecule has 2 aromatic rings. The average Bonchev–Trinajstić information content (AvgIpc) is 2.83. The zero-order valence-corrected chi connectivity index (χ0v) is 13.1. The summed E-state index contributed by atoms with van der Waals surface area (Å²) < 4.78 is 0. The molecule has 0 aliphatic carbocycles. The Morgan fingerprint density at radius 2 is 1.54 bits per heavy atom. The van der Waals surface area contributed by atoms with Crippen LogP contribution in [0.15, 0.2) is 60.3 Å². The zero-order valence-electron chi connectivity index (χ0n) is 12.3. The van der Waals surface area contributed by atoms with Crippen LogP contribution in [-0.2, 0) is 4.79 Å². The normalized spacial score (nSPS) is 15.2. The number of carbonyl (C=O) groups excluding carboxylic acids is 3. The van der Waals surface area contributed by atoms with Crippen molar-refractivity contribution in [2.75, 3.05) is 0 Å². The van der Waals surface area contributed by atoms with Crippen molar-refractivity contribution in [3.05, 3.63) is 71.4 Å². The molecule has 1 amide bonds. The van der Waals surface area contributed by atoms with Crippen LogP contribution >= 0.6 is 11.8 Å². The molecular formula is C17H13NO5S.